The van der Waals surface area contributed by atoms with Crippen LogP contribution in [0.2, 0.25) is 5.02 Å². The van der Waals surface area contributed by atoms with Crippen LogP contribution in [0, 0.1) is 0 Å². The van der Waals surface area contributed by atoms with Crippen molar-refractivity contribution in [2.75, 3.05) is 12.5 Å². The molecule has 0 aliphatic carbocycles. The third-order valence-corrected chi connectivity index (χ3v) is 4.29. The fourth-order valence-electron chi connectivity index (χ4n) is 2.03. The van der Waals surface area contributed by atoms with Crippen molar-refractivity contribution >= 4 is 29.3 Å². The number of aromatic nitrogens is 2. The average Bonchev–Trinajstić information content (AvgIpc) is 3.06. The first-order chi connectivity index (χ1) is 11.7. The van der Waals surface area contributed by atoms with Gasteiger partial charge >= 0.3 is 0 Å². The molecule has 1 N–H and O–H groups in total. The third-order valence-electron chi connectivity index (χ3n) is 3.16. The number of halogens is 1. The maximum Gasteiger partial charge on any atom is 0.271 e. The molecular weight excluding hydrogens is 350 g/mol. The Balaban J connectivity index is 1.67. The number of rotatable bonds is 6. The van der Waals surface area contributed by atoms with Gasteiger partial charge in [-0.25, -0.2) is 9.97 Å². The molecular formula is C16H14ClN3O3S. The lowest BCUT2D eigenvalue weighted by Crippen LogP contribution is -2.24. The predicted octanol–water partition coefficient (Wildman–Crippen LogP) is 3.07. The van der Waals surface area contributed by atoms with Crippen molar-refractivity contribution in [3.63, 3.8) is 0 Å². The van der Waals surface area contributed by atoms with Gasteiger partial charge in [-0.05, 0) is 17.7 Å². The van der Waals surface area contributed by atoms with Gasteiger partial charge in [-0.3, -0.25) is 4.79 Å². The first-order valence-corrected chi connectivity index (χ1v) is 8.46. The smallest absolute Gasteiger partial charge is 0.271 e. The lowest BCUT2D eigenvalue weighted by molar-refractivity contribution is 0.0945. The van der Waals surface area contributed by atoms with Crippen LogP contribution in [0.4, 0.5) is 0 Å². The van der Waals surface area contributed by atoms with E-state index in [1.165, 1.54) is 18.0 Å². The largest absolute Gasteiger partial charge is 0.454 e. The highest BCUT2D eigenvalue weighted by atomic mass is 35.5. The predicted molar refractivity (Wildman–Crippen MR) is 91.7 cm³/mol. The molecule has 0 atom stereocenters. The Morgan fingerprint density at radius 1 is 1.42 bits per heavy atom. The normalized spacial score (nSPS) is 12.0. The number of hydrogen-bond acceptors (Lipinski definition) is 6. The summed E-state index contributed by atoms with van der Waals surface area (Å²) in [5.41, 5.74) is 1.04. The molecule has 24 heavy (non-hydrogen) atoms. The summed E-state index contributed by atoms with van der Waals surface area (Å²) in [6.45, 7) is 4.18. The Bertz CT molecular complexity index is 785. The van der Waals surface area contributed by atoms with Gasteiger partial charge in [-0.1, -0.05) is 35.5 Å². The summed E-state index contributed by atoms with van der Waals surface area (Å²) in [4.78, 5) is 20.6. The molecule has 1 aromatic heterocycles. The first-order valence-electron chi connectivity index (χ1n) is 7.10. The van der Waals surface area contributed by atoms with Crippen LogP contribution >= 0.6 is 23.4 Å². The van der Waals surface area contributed by atoms with E-state index < -0.39 is 0 Å². The number of thioether (sulfide) groups is 1. The second kappa shape index (κ2) is 7.55. The molecule has 1 aliphatic rings. The number of carbonyl (C=O) groups excluding carboxylic acids is 1. The monoisotopic (exact) mass is 363 g/mol. The van der Waals surface area contributed by atoms with E-state index in [-0.39, 0.29) is 23.4 Å². The van der Waals surface area contributed by atoms with Crippen molar-refractivity contribution in [1.29, 1.82) is 0 Å². The summed E-state index contributed by atoms with van der Waals surface area (Å²) in [7, 11) is 0. The van der Waals surface area contributed by atoms with Gasteiger partial charge in [0.15, 0.2) is 22.3 Å². The van der Waals surface area contributed by atoms with Crippen molar-refractivity contribution in [1.82, 2.24) is 15.3 Å². The molecule has 0 radical (unpaired) electrons. The van der Waals surface area contributed by atoms with Gasteiger partial charge in [0.1, 0.15) is 0 Å². The van der Waals surface area contributed by atoms with Crippen LogP contribution in [0.1, 0.15) is 16.1 Å². The Morgan fingerprint density at radius 2 is 2.25 bits per heavy atom. The summed E-state index contributed by atoms with van der Waals surface area (Å²) in [6.07, 6.45) is 3.16. The van der Waals surface area contributed by atoms with Crippen molar-refractivity contribution < 1.29 is 14.3 Å². The standard InChI is InChI=1S/C16H14ClN3O3S/c1-2-5-24-16-19-8-11(17)14(20-16)15(21)18-7-10-3-4-12-13(6-10)23-9-22-12/h2-4,6,8H,1,5,7,9H2,(H,18,21). The quantitative estimate of drug-likeness (QED) is 0.483. The fraction of sp³-hybridized carbons (Fsp3) is 0.188. The van der Waals surface area contributed by atoms with E-state index >= 15 is 0 Å². The summed E-state index contributed by atoms with van der Waals surface area (Å²) in [5.74, 6) is 1.66. The van der Waals surface area contributed by atoms with Crippen LogP contribution in [0.5, 0.6) is 11.5 Å². The Kier molecular flexibility index (Phi) is 5.22. The van der Waals surface area contributed by atoms with Crippen LogP contribution < -0.4 is 14.8 Å². The van der Waals surface area contributed by atoms with Crippen molar-refractivity contribution in [3.8, 4) is 11.5 Å². The summed E-state index contributed by atoms with van der Waals surface area (Å²) in [6, 6.07) is 5.50. The number of ether oxygens (including phenoxy) is 2. The first kappa shape index (κ1) is 16.6. The van der Waals surface area contributed by atoms with Crippen molar-refractivity contribution in [2.45, 2.75) is 11.7 Å². The summed E-state index contributed by atoms with van der Waals surface area (Å²) >= 11 is 7.41. The molecule has 0 spiro atoms. The van der Waals surface area contributed by atoms with E-state index in [0.29, 0.717) is 29.0 Å². The SMILES string of the molecule is C=CCSc1ncc(Cl)c(C(=O)NCc2ccc3c(c2)OCO3)n1. The molecule has 8 heteroatoms. The second-order valence-corrected chi connectivity index (χ2v) is 6.21. The van der Waals surface area contributed by atoms with Crippen LogP contribution in [-0.4, -0.2) is 28.4 Å². The van der Waals surface area contributed by atoms with Gasteiger partial charge in [-0.15, -0.1) is 6.58 Å². The number of benzene rings is 1. The van der Waals surface area contributed by atoms with Gasteiger partial charge in [-0.2, -0.15) is 0 Å². The van der Waals surface area contributed by atoms with E-state index in [2.05, 4.69) is 21.9 Å². The van der Waals surface area contributed by atoms with Crippen LogP contribution in [0.3, 0.4) is 0 Å². The summed E-state index contributed by atoms with van der Waals surface area (Å²) < 4.78 is 10.6. The van der Waals surface area contributed by atoms with Gasteiger partial charge in [0.2, 0.25) is 6.79 Å². The maximum atomic E-state index is 12.3. The van der Waals surface area contributed by atoms with E-state index in [9.17, 15) is 4.79 Å². The molecule has 0 saturated heterocycles. The zero-order valence-electron chi connectivity index (χ0n) is 12.6. The zero-order valence-corrected chi connectivity index (χ0v) is 14.2. The van der Waals surface area contributed by atoms with Gasteiger partial charge in [0, 0.05) is 12.3 Å². The molecule has 6 nitrogen and oxygen atoms in total. The van der Waals surface area contributed by atoms with E-state index in [4.69, 9.17) is 21.1 Å². The molecule has 0 bridgehead atoms. The minimum absolute atomic E-state index is 0.152. The van der Waals surface area contributed by atoms with Crippen molar-refractivity contribution in [3.05, 3.63) is 53.3 Å². The summed E-state index contributed by atoms with van der Waals surface area (Å²) in [5, 5.41) is 3.48. The maximum absolute atomic E-state index is 12.3. The van der Waals surface area contributed by atoms with E-state index in [1.807, 2.05) is 18.2 Å². The number of hydrogen-bond donors (Lipinski definition) is 1. The average molecular weight is 364 g/mol. The molecule has 1 aromatic carbocycles. The molecule has 3 rings (SSSR count). The van der Waals surface area contributed by atoms with E-state index in [0.717, 1.165) is 5.56 Å². The Labute approximate surface area is 148 Å². The number of nitrogens with one attached hydrogen (secondary N) is 1. The molecule has 2 aromatic rings. The molecule has 1 amide bonds. The highest BCUT2D eigenvalue weighted by Crippen LogP contribution is 2.32. The van der Waals surface area contributed by atoms with Crippen LogP contribution in [0.25, 0.3) is 0 Å². The number of carbonyl (C=O) groups is 1. The number of nitrogens with zero attached hydrogens (tertiary/aromatic N) is 2. The molecule has 124 valence electrons. The number of amides is 1. The lowest BCUT2D eigenvalue weighted by atomic mass is 10.2. The molecule has 0 saturated carbocycles. The van der Waals surface area contributed by atoms with Gasteiger partial charge in [0.25, 0.3) is 5.91 Å². The molecule has 1 aliphatic heterocycles. The highest BCUT2D eigenvalue weighted by molar-refractivity contribution is 7.99. The van der Waals surface area contributed by atoms with Gasteiger partial charge < -0.3 is 14.8 Å². The van der Waals surface area contributed by atoms with Gasteiger partial charge in [0.05, 0.1) is 11.2 Å². The molecule has 0 fully saturated rings. The molecule has 0 unspecified atom stereocenters. The minimum Gasteiger partial charge on any atom is -0.454 e. The Morgan fingerprint density at radius 3 is 3.08 bits per heavy atom. The van der Waals surface area contributed by atoms with Crippen molar-refractivity contribution in [2.24, 2.45) is 0 Å². The fourth-order valence-corrected chi connectivity index (χ4v) is 2.76. The van der Waals surface area contributed by atoms with Crippen LogP contribution in [0.15, 0.2) is 42.2 Å². The topological polar surface area (TPSA) is 73.3 Å². The number of fused-ring (bicyclic) bond motifs is 1. The zero-order chi connectivity index (χ0) is 16.9. The lowest BCUT2D eigenvalue weighted by Gasteiger charge is -2.08. The Hall–Kier alpha value is -2.25. The highest BCUT2D eigenvalue weighted by Gasteiger charge is 2.16. The second-order valence-electron chi connectivity index (χ2n) is 4.82. The van der Waals surface area contributed by atoms with Crippen LogP contribution in [-0.2, 0) is 6.54 Å². The molecule has 2 heterocycles. The minimum atomic E-state index is -0.361. The third kappa shape index (κ3) is 3.80. The van der Waals surface area contributed by atoms with E-state index in [1.54, 1.807) is 6.08 Å².